The lowest BCUT2D eigenvalue weighted by atomic mass is 9.90. The van der Waals surface area contributed by atoms with Gasteiger partial charge in [-0.2, -0.15) is 0 Å². The first-order valence-corrected chi connectivity index (χ1v) is 8.53. The Morgan fingerprint density at radius 2 is 2.08 bits per heavy atom. The number of urea groups is 1. The van der Waals surface area contributed by atoms with Gasteiger partial charge in [0.2, 0.25) is 0 Å². The molecule has 2 aromatic rings. The van der Waals surface area contributed by atoms with Crippen LogP contribution in [0.4, 0.5) is 10.5 Å². The van der Waals surface area contributed by atoms with Crippen molar-refractivity contribution in [2.24, 2.45) is 0 Å². The van der Waals surface area contributed by atoms with E-state index in [1.54, 1.807) is 12.0 Å². The minimum absolute atomic E-state index is 0.113. The maximum atomic E-state index is 12.8. The number of nitrogens with one attached hydrogen (secondary N) is 1. The van der Waals surface area contributed by atoms with Gasteiger partial charge in [0.1, 0.15) is 0 Å². The van der Waals surface area contributed by atoms with Crippen LogP contribution in [-0.2, 0) is 0 Å². The summed E-state index contributed by atoms with van der Waals surface area (Å²) in [6.45, 7) is 1.94. The smallest absolute Gasteiger partial charge is 0.325 e. The van der Waals surface area contributed by atoms with Crippen molar-refractivity contribution in [2.75, 3.05) is 12.0 Å². The topological polar surface area (TPSA) is 50.8 Å². The number of halogens is 1. The number of fused-ring (bicyclic) bond motifs is 4. The van der Waals surface area contributed by atoms with Crippen LogP contribution in [0.3, 0.4) is 0 Å². The van der Waals surface area contributed by atoms with Crippen molar-refractivity contribution in [1.29, 1.82) is 0 Å². The fraction of sp³-hybridized carbons (Fsp3) is 0.278. The van der Waals surface area contributed by atoms with E-state index >= 15 is 0 Å². The van der Waals surface area contributed by atoms with Gasteiger partial charge in [-0.1, -0.05) is 34.1 Å². The standard InChI is InChI=1S/C18H17BrN2O3/c1-18-10-14(13-8-11(19)9-15(23-2)16(13)24-18)20-17(22)21(18)12-6-4-3-5-7-12/h3-9,14H,10H2,1-2H3,(H,20,22)/t14-,18-/m0/s1. The molecule has 0 unspecified atom stereocenters. The predicted molar refractivity (Wildman–Crippen MR) is 94.5 cm³/mol. The zero-order valence-electron chi connectivity index (χ0n) is 13.4. The number of methoxy groups -OCH3 is 1. The first kappa shape index (κ1) is 15.3. The molecular weight excluding hydrogens is 372 g/mol. The predicted octanol–water partition coefficient (Wildman–Crippen LogP) is 4.23. The quantitative estimate of drug-likeness (QED) is 0.837. The lowest BCUT2D eigenvalue weighted by Crippen LogP contribution is -2.65. The summed E-state index contributed by atoms with van der Waals surface area (Å²) in [5.74, 6) is 1.33. The Kier molecular flexibility index (Phi) is 3.46. The molecule has 0 saturated carbocycles. The molecule has 2 aromatic carbocycles. The minimum Gasteiger partial charge on any atom is -0.493 e. The zero-order chi connectivity index (χ0) is 16.9. The summed E-state index contributed by atoms with van der Waals surface area (Å²) in [6.07, 6.45) is 0.653. The number of carbonyl (C=O) groups is 1. The minimum atomic E-state index is -0.775. The van der Waals surface area contributed by atoms with Gasteiger partial charge < -0.3 is 14.8 Å². The van der Waals surface area contributed by atoms with Crippen LogP contribution in [0.2, 0.25) is 0 Å². The van der Waals surface area contributed by atoms with Crippen LogP contribution < -0.4 is 19.7 Å². The molecule has 0 aromatic heterocycles. The first-order chi connectivity index (χ1) is 11.5. The first-order valence-electron chi connectivity index (χ1n) is 7.74. The fourth-order valence-electron chi connectivity index (χ4n) is 3.52. The van der Waals surface area contributed by atoms with Crippen LogP contribution in [0.15, 0.2) is 46.9 Å². The fourth-order valence-corrected chi connectivity index (χ4v) is 3.97. The number of nitrogens with zero attached hydrogens (tertiary/aromatic N) is 1. The summed E-state index contributed by atoms with van der Waals surface area (Å²) >= 11 is 3.49. The summed E-state index contributed by atoms with van der Waals surface area (Å²) in [7, 11) is 1.62. The summed E-state index contributed by atoms with van der Waals surface area (Å²) in [4.78, 5) is 14.4. The van der Waals surface area contributed by atoms with Gasteiger partial charge in [0.25, 0.3) is 0 Å². The van der Waals surface area contributed by atoms with Crippen molar-refractivity contribution in [3.8, 4) is 11.5 Å². The van der Waals surface area contributed by atoms with Gasteiger partial charge in [0.05, 0.1) is 13.2 Å². The summed E-state index contributed by atoms with van der Waals surface area (Å²) in [5.41, 5.74) is 0.956. The van der Waals surface area contributed by atoms with Gasteiger partial charge >= 0.3 is 6.03 Å². The van der Waals surface area contributed by atoms with Gasteiger partial charge in [0, 0.05) is 22.1 Å². The van der Waals surface area contributed by atoms with Gasteiger partial charge in [0.15, 0.2) is 17.2 Å². The van der Waals surface area contributed by atoms with Crippen LogP contribution >= 0.6 is 15.9 Å². The molecule has 2 heterocycles. The monoisotopic (exact) mass is 388 g/mol. The molecule has 2 aliphatic rings. The van der Waals surface area contributed by atoms with E-state index in [4.69, 9.17) is 9.47 Å². The molecule has 0 spiro atoms. The highest BCUT2D eigenvalue weighted by Gasteiger charge is 2.50. The number of hydrogen-bond acceptors (Lipinski definition) is 3. The van der Waals surface area contributed by atoms with E-state index in [9.17, 15) is 4.79 Å². The molecule has 5 nitrogen and oxygen atoms in total. The Hall–Kier alpha value is -2.21. The molecule has 6 heteroatoms. The molecule has 2 atom stereocenters. The average Bonchev–Trinajstić information content (AvgIpc) is 2.55. The Morgan fingerprint density at radius 1 is 1.33 bits per heavy atom. The number of benzene rings is 2. The lowest BCUT2D eigenvalue weighted by molar-refractivity contribution is 0.0349. The van der Waals surface area contributed by atoms with Gasteiger partial charge in [-0.05, 0) is 31.2 Å². The second-order valence-corrected chi connectivity index (χ2v) is 7.10. The van der Waals surface area contributed by atoms with E-state index in [-0.39, 0.29) is 12.1 Å². The Labute approximate surface area is 148 Å². The molecule has 1 saturated heterocycles. The van der Waals surface area contributed by atoms with Crippen molar-refractivity contribution in [2.45, 2.75) is 25.1 Å². The van der Waals surface area contributed by atoms with E-state index in [2.05, 4.69) is 21.2 Å². The van der Waals surface area contributed by atoms with Crippen molar-refractivity contribution in [3.63, 3.8) is 0 Å². The highest BCUT2D eigenvalue weighted by molar-refractivity contribution is 9.10. The summed E-state index contributed by atoms with van der Waals surface area (Å²) in [6, 6.07) is 13.1. The molecule has 4 rings (SSSR count). The molecule has 0 radical (unpaired) electrons. The third kappa shape index (κ3) is 2.24. The van der Waals surface area contributed by atoms with Gasteiger partial charge in [-0.25, -0.2) is 4.79 Å². The third-order valence-corrected chi connectivity index (χ3v) is 4.99. The highest BCUT2D eigenvalue weighted by Crippen LogP contribution is 2.50. The number of ether oxygens (including phenoxy) is 2. The number of carbonyl (C=O) groups excluding carboxylic acids is 1. The maximum absolute atomic E-state index is 12.8. The van der Waals surface area contributed by atoms with E-state index in [1.807, 2.05) is 49.4 Å². The molecule has 124 valence electrons. The van der Waals surface area contributed by atoms with Crippen LogP contribution in [0.5, 0.6) is 11.5 Å². The zero-order valence-corrected chi connectivity index (χ0v) is 15.0. The largest absolute Gasteiger partial charge is 0.493 e. The van der Waals surface area contributed by atoms with Gasteiger partial charge in [-0.15, -0.1) is 0 Å². The number of para-hydroxylation sites is 1. The molecule has 2 bridgehead atoms. The van der Waals surface area contributed by atoms with Crippen molar-refractivity contribution in [1.82, 2.24) is 5.32 Å². The van der Waals surface area contributed by atoms with Crippen molar-refractivity contribution in [3.05, 3.63) is 52.5 Å². The number of rotatable bonds is 2. The number of anilines is 1. The normalized spacial score (nSPS) is 24.7. The Morgan fingerprint density at radius 3 is 2.79 bits per heavy atom. The molecule has 24 heavy (non-hydrogen) atoms. The van der Waals surface area contributed by atoms with E-state index < -0.39 is 5.72 Å². The van der Waals surface area contributed by atoms with Crippen LogP contribution in [0, 0.1) is 0 Å². The Balaban J connectivity index is 1.84. The van der Waals surface area contributed by atoms with Gasteiger partial charge in [-0.3, -0.25) is 4.90 Å². The van der Waals surface area contributed by atoms with Crippen molar-refractivity contribution < 1.29 is 14.3 Å². The molecule has 2 amide bonds. The second-order valence-electron chi connectivity index (χ2n) is 6.18. The SMILES string of the molecule is COc1cc(Br)cc2c1O[C@@]1(C)C[C@@H]2NC(=O)N1c1ccccc1. The third-order valence-electron chi connectivity index (χ3n) is 4.54. The number of hydrogen-bond donors (Lipinski definition) is 1. The molecular formula is C18H17BrN2O3. The molecule has 0 aliphatic carbocycles. The van der Waals surface area contributed by atoms with E-state index in [0.29, 0.717) is 17.9 Å². The second kappa shape index (κ2) is 5.41. The van der Waals surface area contributed by atoms with Crippen LogP contribution in [-0.4, -0.2) is 18.9 Å². The van der Waals surface area contributed by atoms with E-state index in [0.717, 1.165) is 15.7 Å². The van der Waals surface area contributed by atoms with Crippen LogP contribution in [0.25, 0.3) is 0 Å². The molecule has 1 fully saturated rings. The van der Waals surface area contributed by atoms with E-state index in [1.165, 1.54) is 0 Å². The maximum Gasteiger partial charge on any atom is 0.325 e. The van der Waals surface area contributed by atoms with Crippen LogP contribution in [0.1, 0.15) is 24.9 Å². The highest BCUT2D eigenvalue weighted by atomic mass is 79.9. The number of amides is 2. The van der Waals surface area contributed by atoms with Crippen molar-refractivity contribution >= 4 is 27.6 Å². The molecule has 1 N–H and O–H groups in total. The Bertz CT molecular complexity index is 811. The summed E-state index contributed by atoms with van der Waals surface area (Å²) in [5, 5.41) is 3.09. The lowest BCUT2D eigenvalue weighted by Gasteiger charge is -2.50. The average molecular weight is 389 g/mol. The molecule has 2 aliphatic heterocycles. The summed E-state index contributed by atoms with van der Waals surface area (Å²) < 4.78 is 12.7.